The lowest BCUT2D eigenvalue weighted by atomic mass is 10.4. The van der Waals surface area contributed by atoms with Gasteiger partial charge in [-0.3, -0.25) is 4.40 Å². The molecule has 0 aliphatic heterocycles. The molecule has 0 saturated carbocycles. The summed E-state index contributed by atoms with van der Waals surface area (Å²) in [6.45, 7) is 0. The Hall–Kier alpha value is -1.95. The number of carboxylic acid groups (broad SMARTS) is 1. The van der Waals surface area contributed by atoms with Crippen LogP contribution >= 0.6 is 11.6 Å². The van der Waals surface area contributed by atoms with Crippen LogP contribution in [0, 0.1) is 4.91 Å². The van der Waals surface area contributed by atoms with Gasteiger partial charge in [0.2, 0.25) is 5.82 Å². The van der Waals surface area contributed by atoms with Crippen LogP contribution in [0.5, 0.6) is 0 Å². The highest BCUT2D eigenvalue weighted by atomic mass is 35.5. The van der Waals surface area contributed by atoms with Crippen molar-refractivity contribution in [1.29, 1.82) is 0 Å². The van der Waals surface area contributed by atoms with Gasteiger partial charge in [-0.1, -0.05) is 11.6 Å². The molecular weight excluding hydrogens is 222 g/mol. The van der Waals surface area contributed by atoms with Gasteiger partial charge in [0.1, 0.15) is 5.65 Å². The summed E-state index contributed by atoms with van der Waals surface area (Å²) in [6.07, 6.45) is 1.44. The maximum absolute atomic E-state index is 10.7. The molecule has 0 bridgehead atoms. The fourth-order valence-electron chi connectivity index (χ4n) is 1.24. The SMILES string of the molecule is O=Nc1c(C(=O)O)nc2cc(Cl)ccn12. The lowest BCUT2D eigenvalue weighted by molar-refractivity contribution is 0.0692. The molecule has 0 fully saturated rings. The van der Waals surface area contributed by atoms with Crippen molar-refractivity contribution >= 4 is 29.0 Å². The van der Waals surface area contributed by atoms with Gasteiger partial charge in [-0.25, -0.2) is 9.78 Å². The molecule has 2 heterocycles. The number of carbonyl (C=O) groups is 1. The van der Waals surface area contributed by atoms with Crippen LogP contribution in [0.3, 0.4) is 0 Å². The first-order chi connectivity index (χ1) is 7.13. The number of hydrogen-bond acceptors (Lipinski definition) is 4. The van der Waals surface area contributed by atoms with E-state index in [0.29, 0.717) is 5.02 Å². The molecule has 76 valence electrons. The van der Waals surface area contributed by atoms with E-state index in [4.69, 9.17) is 16.7 Å². The minimum atomic E-state index is -1.30. The van der Waals surface area contributed by atoms with E-state index in [1.165, 1.54) is 22.7 Å². The largest absolute Gasteiger partial charge is 0.476 e. The molecular formula is C8H4ClN3O3. The second kappa shape index (κ2) is 3.32. The zero-order valence-corrected chi connectivity index (χ0v) is 7.97. The van der Waals surface area contributed by atoms with Crippen LogP contribution in [0.25, 0.3) is 5.65 Å². The van der Waals surface area contributed by atoms with E-state index in [-0.39, 0.29) is 17.2 Å². The molecule has 7 heteroatoms. The maximum atomic E-state index is 10.7. The summed E-state index contributed by atoms with van der Waals surface area (Å²) in [7, 11) is 0. The number of imidazole rings is 1. The van der Waals surface area contributed by atoms with E-state index in [1.54, 1.807) is 0 Å². The number of halogens is 1. The Morgan fingerprint density at radius 1 is 1.60 bits per heavy atom. The second-order valence-corrected chi connectivity index (χ2v) is 3.19. The molecule has 2 rings (SSSR count). The fourth-order valence-corrected chi connectivity index (χ4v) is 1.39. The number of nitrogens with zero attached hydrogens (tertiary/aromatic N) is 3. The van der Waals surface area contributed by atoms with Gasteiger partial charge >= 0.3 is 5.97 Å². The van der Waals surface area contributed by atoms with E-state index in [2.05, 4.69) is 10.2 Å². The van der Waals surface area contributed by atoms with E-state index in [1.807, 2.05) is 0 Å². The summed E-state index contributed by atoms with van der Waals surface area (Å²) in [4.78, 5) is 24.9. The molecule has 2 aromatic rings. The van der Waals surface area contributed by atoms with Crippen LogP contribution in [0.15, 0.2) is 23.5 Å². The maximum Gasteiger partial charge on any atom is 0.358 e. The molecule has 0 unspecified atom stereocenters. The minimum Gasteiger partial charge on any atom is -0.476 e. The number of rotatable bonds is 2. The lowest BCUT2D eigenvalue weighted by Crippen LogP contribution is -1.96. The molecule has 0 aromatic carbocycles. The third-order valence-corrected chi connectivity index (χ3v) is 2.09. The average Bonchev–Trinajstić information content (AvgIpc) is 2.55. The molecule has 15 heavy (non-hydrogen) atoms. The molecule has 0 atom stereocenters. The van der Waals surface area contributed by atoms with Crippen LogP contribution in [-0.4, -0.2) is 20.5 Å². The third-order valence-electron chi connectivity index (χ3n) is 1.85. The Balaban J connectivity index is 2.84. The van der Waals surface area contributed by atoms with E-state index >= 15 is 0 Å². The zero-order valence-electron chi connectivity index (χ0n) is 7.22. The van der Waals surface area contributed by atoms with Crippen LogP contribution < -0.4 is 0 Å². The molecule has 0 saturated heterocycles. The van der Waals surface area contributed by atoms with Gasteiger partial charge in [-0.05, 0) is 11.2 Å². The highest BCUT2D eigenvalue weighted by Crippen LogP contribution is 2.22. The molecule has 6 nitrogen and oxygen atoms in total. The first-order valence-electron chi connectivity index (χ1n) is 3.87. The standard InChI is InChI=1S/C8H4ClN3O3/c9-4-1-2-12-5(3-4)10-6(8(13)14)7(12)11-15/h1-3H,(H,13,14). The summed E-state index contributed by atoms with van der Waals surface area (Å²) in [5.41, 5.74) is -0.109. The number of fused-ring (bicyclic) bond motifs is 1. The second-order valence-electron chi connectivity index (χ2n) is 2.75. The summed E-state index contributed by atoms with van der Waals surface area (Å²) in [6, 6.07) is 2.96. The minimum absolute atomic E-state index is 0.242. The first kappa shape index (κ1) is 9.60. The third kappa shape index (κ3) is 1.44. The molecule has 2 aromatic heterocycles. The number of aromatic carboxylic acids is 1. The fraction of sp³-hybridized carbons (Fsp3) is 0. The lowest BCUT2D eigenvalue weighted by Gasteiger charge is -1.93. The Morgan fingerprint density at radius 2 is 2.33 bits per heavy atom. The highest BCUT2D eigenvalue weighted by molar-refractivity contribution is 6.30. The number of carboxylic acids is 1. The summed E-state index contributed by atoms with van der Waals surface area (Å²) in [5, 5.41) is 11.8. The smallest absolute Gasteiger partial charge is 0.358 e. The zero-order chi connectivity index (χ0) is 11.0. The molecule has 0 spiro atoms. The van der Waals surface area contributed by atoms with E-state index < -0.39 is 5.97 Å². The monoisotopic (exact) mass is 225 g/mol. The molecule has 0 radical (unpaired) electrons. The summed E-state index contributed by atoms with van der Waals surface area (Å²) >= 11 is 5.69. The van der Waals surface area contributed by atoms with Gasteiger partial charge in [-0.2, -0.15) is 0 Å². The number of pyridine rings is 1. The molecule has 0 aliphatic rings. The summed E-state index contributed by atoms with van der Waals surface area (Å²) < 4.78 is 1.27. The number of hydrogen-bond donors (Lipinski definition) is 1. The Bertz CT molecular complexity index is 564. The van der Waals surface area contributed by atoms with Gasteiger partial charge in [-0.15, -0.1) is 4.91 Å². The predicted molar refractivity (Wildman–Crippen MR) is 52.6 cm³/mol. The number of nitroso groups, excluding NO2 is 1. The van der Waals surface area contributed by atoms with Gasteiger partial charge in [0.15, 0.2) is 5.69 Å². The predicted octanol–water partition coefficient (Wildman–Crippen LogP) is 2.08. The highest BCUT2D eigenvalue weighted by Gasteiger charge is 2.18. The van der Waals surface area contributed by atoms with Crippen molar-refractivity contribution in [2.45, 2.75) is 0 Å². The van der Waals surface area contributed by atoms with Gasteiger partial charge in [0, 0.05) is 17.3 Å². The van der Waals surface area contributed by atoms with Crippen LogP contribution in [0.2, 0.25) is 5.02 Å². The first-order valence-corrected chi connectivity index (χ1v) is 4.25. The number of aromatic nitrogens is 2. The topological polar surface area (TPSA) is 84.0 Å². The molecule has 1 N–H and O–H groups in total. The van der Waals surface area contributed by atoms with Gasteiger partial charge in [0.25, 0.3) is 0 Å². The van der Waals surface area contributed by atoms with Crippen LogP contribution in [0.4, 0.5) is 5.82 Å². The van der Waals surface area contributed by atoms with Crippen molar-refractivity contribution in [3.05, 3.63) is 34.0 Å². The van der Waals surface area contributed by atoms with Crippen molar-refractivity contribution < 1.29 is 9.90 Å². The Morgan fingerprint density at radius 3 is 2.93 bits per heavy atom. The molecule has 0 amide bonds. The van der Waals surface area contributed by atoms with Crippen LogP contribution in [0.1, 0.15) is 10.5 Å². The Labute approximate surface area is 88.1 Å². The van der Waals surface area contributed by atoms with Crippen molar-refractivity contribution in [3.63, 3.8) is 0 Å². The van der Waals surface area contributed by atoms with Crippen molar-refractivity contribution in [3.8, 4) is 0 Å². The Kier molecular flexibility index (Phi) is 2.12. The average molecular weight is 226 g/mol. The summed E-state index contributed by atoms with van der Waals surface area (Å²) in [5.74, 6) is -1.54. The van der Waals surface area contributed by atoms with Crippen molar-refractivity contribution in [1.82, 2.24) is 9.38 Å². The quantitative estimate of drug-likeness (QED) is 0.793. The van der Waals surface area contributed by atoms with Gasteiger partial charge in [0.05, 0.1) is 0 Å². The van der Waals surface area contributed by atoms with E-state index in [0.717, 1.165) is 0 Å². The van der Waals surface area contributed by atoms with Crippen LogP contribution in [-0.2, 0) is 0 Å². The normalized spacial score (nSPS) is 10.5. The van der Waals surface area contributed by atoms with Crippen molar-refractivity contribution in [2.75, 3.05) is 0 Å². The van der Waals surface area contributed by atoms with Crippen molar-refractivity contribution in [2.24, 2.45) is 5.18 Å². The van der Waals surface area contributed by atoms with E-state index in [9.17, 15) is 9.70 Å². The van der Waals surface area contributed by atoms with Gasteiger partial charge < -0.3 is 5.11 Å². The molecule has 0 aliphatic carbocycles.